The minimum atomic E-state index is 0.969. The van der Waals surface area contributed by atoms with Crippen molar-refractivity contribution in [2.24, 2.45) is 5.92 Å². The number of hydrogen-bond donors (Lipinski definition) is 1. The molecule has 0 amide bonds. The second kappa shape index (κ2) is 5.31. The zero-order valence-electron chi connectivity index (χ0n) is 11.4. The van der Waals surface area contributed by atoms with E-state index in [0.717, 1.165) is 18.9 Å². The van der Waals surface area contributed by atoms with Crippen LogP contribution in [0.3, 0.4) is 0 Å². The molecule has 18 heavy (non-hydrogen) atoms. The molecular weight excluding hydrogens is 220 g/mol. The topological polar surface area (TPSA) is 15.3 Å². The van der Waals surface area contributed by atoms with Gasteiger partial charge in [0.25, 0.3) is 0 Å². The van der Waals surface area contributed by atoms with E-state index in [-0.39, 0.29) is 0 Å². The van der Waals surface area contributed by atoms with E-state index in [2.05, 4.69) is 28.4 Å². The molecular formula is C16H24N2. The van der Waals surface area contributed by atoms with Gasteiger partial charge in [-0.05, 0) is 62.4 Å². The molecule has 1 fully saturated rings. The van der Waals surface area contributed by atoms with Gasteiger partial charge in [0.05, 0.1) is 0 Å². The molecule has 0 atom stereocenters. The molecule has 1 saturated carbocycles. The average molecular weight is 244 g/mol. The van der Waals surface area contributed by atoms with E-state index in [1.54, 1.807) is 5.56 Å². The first kappa shape index (κ1) is 12.0. The Labute approximate surface area is 110 Å². The summed E-state index contributed by atoms with van der Waals surface area (Å²) in [6.07, 6.45) is 6.74. The first-order chi connectivity index (χ1) is 8.86. The molecule has 2 heteroatoms. The van der Waals surface area contributed by atoms with Gasteiger partial charge in [-0.1, -0.05) is 18.6 Å². The molecule has 1 aliphatic heterocycles. The van der Waals surface area contributed by atoms with Crippen molar-refractivity contribution in [1.29, 1.82) is 0 Å². The van der Waals surface area contributed by atoms with Gasteiger partial charge in [0.15, 0.2) is 0 Å². The number of fused-ring (bicyclic) bond motifs is 1. The maximum atomic E-state index is 3.23. The fourth-order valence-corrected chi connectivity index (χ4v) is 3.09. The summed E-state index contributed by atoms with van der Waals surface area (Å²) >= 11 is 0. The van der Waals surface area contributed by atoms with Gasteiger partial charge in [-0.2, -0.15) is 0 Å². The van der Waals surface area contributed by atoms with E-state index in [1.165, 1.54) is 50.0 Å². The van der Waals surface area contributed by atoms with E-state index in [0.29, 0.717) is 0 Å². The summed E-state index contributed by atoms with van der Waals surface area (Å²) in [5, 5.41) is 3.23. The van der Waals surface area contributed by atoms with Crippen molar-refractivity contribution in [1.82, 2.24) is 5.32 Å². The number of likely N-dealkylation sites (N-methyl/N-ethyl adjacent to an activating group) is 1. The summed E-state index contributed by atoms with van der Waals surface area (Å²) in [7, 11) is 2.02. The van der Waals surface area contributed by atoms with Crippen molar-refractivity contribution in [2.45, 2.75) is 32.1 Å². The van der Waals surface area contributed by atoms with Crippen LogP contribution in [-0.2, 0) is 12.8 Å². The van der Waals surface area contributed by atoms with Crippen LogP contribution < -0.4 is 10.2 Å². The highest BCUT2D eigenvalue weighted by atomic mass is 15.1. The largest absolute Gasteiger partial charge is 0.371 e. The van der Waals surface area contributed by atoms with Gasteiger partial charge < -0.3 is 10.2 Å². The lowest BCUT2D eigenvalue weighted by Crippen LogP contribution is -2.31. The van der Waals surface area contributed by atoms with Crippen LogP contribution in [0, 0.1) is 5.92 Å². The first-order valence-corrected chi connectivity index (χ1v) is 7.38. The number of benzene rings is 1. The van der Waals surface area contributed by atoms with Crippen LogP contribution in [0.25, 0.3) is 0 Å². The lowest BCUT2D eigenvalue weighted by molar-refractivity contribution is 0.319. The summed E-state index contributed by atoms with van der Waals surface area (Å²) in [6.45, 7) is 3.60. The predicted octanol–water partition coefficient (Wildman–Crippen LogP) is 2.61. The second-order valence-electron chi connectivity index (χ2n) is 5.81. The standard InChI is InChI=1S/C16H24N2/c1-17-9-7-13-5-6-15-8-10-18(16(15)11-13)12-14-3-2-4-14/h5-6,11,14,17H,2-4,7-10,12H2,1H3. The number of nitrogens with zero attached hydrogens (tertiary/aromatic N) is 1. The van der Waals surface area contributed by atoms with Crippen LogP contribution in [0.5, 0.6) is 0 Å². The first-order valence-electron chi connectivity index (χ1n) is 7.38. The molecule has 1 aromatic rings. The van der Waals surface area contributed by atoms with Crippen LogP contribution in [0.15, 0.2) is 18.2 Å². The normalized spacial score (nSPS) is 18.8. The second-order valence-corrected chi connectivity index (χ2v) is 5.81. The lowest BCUT2D eigenvalue weighted by Gasteiger charge is -2.31. The molecule has 1 aromatic carbocycles. The zero-order chi connectivity index (χ0) is 12.4. The number of nitrogens with one attached hydrogen (secondary N) is 1. The monoisotopic (exact) mass is 244 g/mol. The third-order valence-electron chi connectivity index (χ3n) is 4.51. The molecule has 2 nitrogen and oxygen atoms in total. The van der Waals surface area contributed by atoms with E-state index in [9.17, 15) is 0 Å². The molecule has 3 rings (SSSR count). The van der Waals surface area contributed by atoms with E-state index in [4.69, 9.17) is 0 Å². The Bertz CT molecular complexity index is 410. The molecule has 98 valence electrons. The maximum absolute atomic E-state index is 3.23. The van der Waals surface area contributed by atoms with Crippen molar-refractivity contribution in [2.75, 3.05) is 31.6 Å². The number of anilines is 1. The predicted molar refractivity (Wildman–Crippen MR) is 77.3 cm³/mol. The molecule has 2 aliphatic rings. The summed E-state index contributed by atoms with van der Waals surface area (Å²) in [5.41, 5.74) is 4.56. The lowest BCUT2D eigenvalue weighted by atomic mass is 9.85. The highest BCUT2D eigenvalue weighted by molar-refractivity contribution is 5.59. The van der Waals surface area contributed by atoms with Gasteiger partial charge in [0.2, 0.25) is 0 Å². The van der Waals surface area contributed by atoms with Crippen LogP contribution in [0.2, 0.25) is 0 Å². The quantitative estimate of drug-likeness (QED) is 0.856. The molecule has 1 heterocycles. The van der Waals surface area contributed by atoms with Gasteiger partial charge in [-0.25, -0.2) is 0 Å². The molecule has 0 bridgehead atoms. The third-order valence-corrected chi connectivity index (χ3v) is 4.51. The van der Waals surface area contributed by atoms with Crippen molar-refractivity contribution >= 4 is 5.69 Å². The Hall–Kier alpha value is -1.02. The minimum absolute atomic E-state index is 0.969. The third kappa shape index (κ3) is 2.39. The summed E-state index contributed by atoms with van der Waals surface area (Å²) < 4.78 is 0. The van der Waals surface area contributed by atoms with E-state index >= 15 is 0 Å². The van der Waals surface area contributed by atoms with Crippen molar-refractivity contribution in [3.05, 3.63) is 29.3 Å². The highest BCUT2D eigenvalue weighted by Gasteiger charge is 2.25. The molecule has 1 N–H and O–H groups in total. The molecule has 0 spiro atoms. The summed E-state index contributed by atoms with van der Waals surface area (Å²) in [4.78, 5) is 2.63. The van der Waals surface area contributed by atoms with E-state index in [1.807, 2.05) is 7.05 Å². The Kier molecular flexibility index (Phi) is 3.55. The maximum Gasteiger partial charge on any atom is 0.0402 e. The minimum Gasteiger partial charge on any atom is -0.371 e. The van der Waals surface area contributed by atoms with Crippen LogP contribution in [-0.4, -0.2) is 26.7 Å². The van der Waals surface area contributed by atoms with Crippen molar-refractivity contribution in [3.8, 4) is 0 Å². The fourth-order valence-electron chi connectivity index (χ4n) is 3.09. The SMILES string of the molecule is CNCCc1ccc2c(c1)N(CC1CCC1)CC2. The molecule has 0 radical (unpaired) electrons. The van der Waals surface area contributed by atoms with Gasteiger partial charge >= 0.3 is 0 Å². The Morgan fingerprint density at radius 1 is 1.33 bits per heavy atom. The number of rotatable bonds is 5. The van der Waals surface area contributed by atoms with Crippen LogP contribution in [0.1, 0.15) is 30.4 Å². The molecule has 1 aliphatic carbocycles. The van der Waals surface area contributed by atoms with Crippen molar-refractivity contribution < 1.29 is 0 Å². The zero-order valence-corrected chi connectivity index (χ0v) is 11.4. The molecule has 0 saturated heterocycles. The number of hydrogen-bond acceptors (Lipinski definition) is 2. The molecule has 0 aromatic heterocycles. The highest BCUT2D eigenvalue weighted by Crippen LogP contribution is 2.34. The Morgan fingerprint density at radius 3 is 2.94 bits per heavy atom. The summed E-state index contributed by atoms with van der Waals surface area (Å²) in [5.74, 6) is 0.969. The van der Waals surface area contributed by atoms with E-state index < -0.39 is 0 Å². The molecule has 0 unspecified atom stereocenters. The van der Waals surface area contributed by atoms with Gasteiger partial charge in [0.1, 0.15) is 0 Å². The smallest absolute Gasteiger partial charge is 0.0402 e. The average Bonchev–Trinajstić information content (AvgIpc) is 2.74. The Balaban J connectivity index is 1.71. The van der Waals surface area contributed by atoms with Crippen LogP contribution in [0.4, 0.5) is 5.69 Å². The van der Waals surface area contributed by atoms with Gasteiger partial charge in [-0.15, -0.1) is 0 Å². The van der Waals surface area contributed by atoms with Gasteiger partial charge in [0, 0.05) is 18.8 Å². The van der Waals surface area contributed by atoms with Crippen molar-refractivity contribution in [3.63, 3.8) is 0 Å². The van der Waals surface area contributed by atoms with Crippen LogP contribution >= 0.6 is 0 Å². The fraction of sp³-hybridized carbons (Fsp3) is 0.625. The Morgan fingerprint density at radius 2 is 2.22 bits per heavy atom. The van der Waals surface area contributed by atoms with Gasteiger partial charge in [-0.3, -0.25) is 0 Å². The summed E-state index contributed by atoms with van der Waals surface area (Å²) in [6, 6.07) is 7.09.